The van der Waals surface area contributed by atoms with Gasteiger partial charge in [0.25, 0.3) is 0 Å². The van der Waals surface area contributed by atoms with Crippen LogP contribution in [0.2, 0.25) is 0 Å². The number of hydrogen-bond donors (Lipinski definition) is 1. The van der Waals surface area contributed by atoms with Crippen LogP contribution in [0.3, 0.4) is 0 Å². The Labute approximate surface area is 193 Å². The van der Waals surface area contributed by atoms with Gasteiger partial charge >= 0.3 is 0 Å². The molecule has 2 aliphatic rings. The number of aliphatic hydroxyl groups is 1. The molecule has 2 heterocycles. The van der Waals surface area contributed by atoms with Gasteiger partial charge in [0.05, 0.1) is 30.5 Å². The molecular weight excluding hydrogens is 439 g/mol. The summed E-state index contributed by atoms with van der Waals surface area (Å²) in [5, 5.41) is 10.1. The van der Waals surface area contributed by atoms with Gasteiger partial charge < -0.3 is 19.1 Å². The molecule has 0 spiro atoms. The Morgan fingerprint density at radius 1 is 1.15 bits per heavy atom. The van der Waals surface area contributed by atoms with Gasteiger partial charge in [-0.2, -0.15) is 0 Å². The van der Waals surface area contributed by atoms with E-state index in [0.29, 0.717) is 12.6 Å². The first-order chi connectivity index (χ1) is 12.1. The molecule has 2 fully saturated rings. The second-order valence-corrected chi connectivity index (χ2v) is 9.58. The molecule has 2 aliphatic heterocycles. The summed E-state index contributed by atoms with van der Waals surface area (Å²) < 4.78 is 29.7. The molecule has 9 atom stereocenters. The quantitative estimate of drug-likeness (QED) is 0.468. The number of ether oxygens (including phenoxy) is 2. The van der Waals surface area contributed by atoms with E-state index in [1.807, 2.05) is 20.8 Å². The molecule has 0 saturated carbocycles. The average molecular weight is 477 g/mol. The van der Waals surface area contributed by atoms with Crippen LogP contribution in [0.1, 0.15) is 61.3 Å². The van der Waals surface area contributed by atoms with Gasteiger partial charge in [0.1, 0.15) is 7.85 Å². The van der Waals surface area contributed by atoms with Gasteiger partial charge in [-0.05, 0) is 19.3 Å². The van der Waals surface area contributed by atoms with E-state index < -0.39 is 14.1 Å². The van der Waals surface area contributed by atoms with Crippen molar-refractivity contribution in [3.05, 3.63) is 0 Å². The van der Waals surface area contributed by atoms with Crippen molar-refractivity contribution in [1.82, 2.24) is 0 Å². The number of rotatable bonds is 6. The van der Waals surface area contributed by atoms with Crippen LogP contribution in [0.5, 0.6) is 0 Å². The predicted molar refractivity (Wildman–Crippen MR) is 107 cm³/mol. The van der Waals surface area contributed by atoms with Crippen molar-refractivity contribution in [1.29, 1.82) is 0 Å². The summed E-state index contributed by atoms with van der Waals surface area (Å²) in [4.78, 5) is 0. The van der Waals surface area contributed by atoms with Gasteiger partial charge in [0.2, 0.25) is 0 Å². The van der Waals surface area contributed by atoms with Gasteiger partial charge in [0, 0.05) is 56.7 Å². The SMILES string of the molecule is CCC.[B][C@@H]1O[C@H](C(C)C)[C@H](O[PH](=O)CC[C@H]2O[C@@H](C)C(C)[C@H]2O)C1C.[Y]. The van der Waals surface area contributed by atoms with Crippen LogP contribution in [0.25, 0.3) is 0 Å². The second kappa shape index (κ2) is 13.5. The maximum absolute atomic E-state index is 12.4. The Bertz CT molecular complexity index is 442. The number of hydrogen-bond acceptors (Lipinski definition) is 5. The van der Waals surface area contributed by atoms with E-state index in [-0.39, 0.29) is 80.9 Å². The first-order valence-electron chi connectivity index (χ1n) is 10.1. The third-order valence-electron chi connectivity index (χ3n) is 5.28. The molecule has 0 aromatic rings. The second-order valence-electron chi connectivity index (χ2n) is 8.10. The summed E-state index contributed by atoms with van der Waals surface area (Å²) in [7, 11) is 3.73. The Kier molecular flexibility index (Phi) is 14.1. The van der Waals surface area contributed by atoms with Crippen molar-refractivity contribution in [3.8, 4) is 0 Å². The zero-order valence-electron chi connectivity index (χ0n) is 18.1. The van der Waals surface area contributed by atoms with Gasteiger partial charge in [-0.1, -0.05) is 48.0 Å². The van der Waals surface area contributed by atoms with Crippen molar-refractivity contribution in [2.45, 2.75) is 97.8 Å². The summed E-state index contributed by atoms with van der Waals surface area (Å²) >= 11 is 0. The van der Waals surface area contributed by atoms with E-state index >= 15 is 0 Å². The molecule has 0 aromatic carbocycles. The van der Waals surface area contributed by atoms with E-state index in [4.69, 9.17) is 21.8 Å². The van der Waals surface area contributed by atoms with Crippen molar-refractivity contribution in [2.24, 2.45) is 17.8 Å². The summed E-state index contributed by atoms with van der Waals surface area (Å²) in [5.41, 5.74) is 0. The third-order valence-corrected chi connectivity index (χ3v) is 6.51. The average Bonchev–Trinajstić information content (AvgIpc) is 2.99. The van der Waals surface area contributed by atoms with Crippen LogP contribution in [-0.4, -0.2) is 55.6 Å². The largest absolute Gasteiger partial charge is 0.390 e. The van der Waals surface area contributed by atoms with Crippen LogP contribution in [0, 0.1) is 17.8 Å². The molecule has 5 nitrogen and oxygen atoms in total. The van der Waals surface area contributed by atoms with Gasteiger partial charge in [-0.25, -0.2) is 0 Å². The van der Waals surface area contributed by atoms with E-state index in [9.17, 15) is 9.67 Å². The molecule has 0 aliphatic carbocycles. The minimum Gasteiger partial charge on any atom is -0.390 e. The Hall–Kier alpha value is 1.24. The molecule has 27 heavy (non-hydrogen) atoms. The normalized spacial score (nSPS) is 39.6. The van der Waals surface area contributed by atoms with Crippen molar-refractivity contribution < 1.29 is 56.4 Å². The van der Waals surface area contributed by atoms with E-state index in [1.165, 1.54) is 6.42 Å². The van der Waals surface area contributed by atoms with Gasteiger partial charge in [-0.15, -0.1) is 0 Å². The Balaban J connectivity index is 0.00000158. The molecule has 0 bridgehead atoms. The molecule has 0 aromatic heterocycles. The Morgan fingerprint density at radius 2 is 1.70 bits per heavy atom. The van der Waals surface area contributed by atoms with Gasteiger partial charge in [0.15, 0.2) is 8.03 Å². The predicted octanol–water partition coefficient (Wildman–Crippen LogP) is 3.62. The summed E-state index contributed by atoms with van der Waals surface area (Å²) in [6, 6.07) is -0.371. The molecule has 3 unspecified atom stereocenters. The third kappa shape index (κ3) is 8.12. The minimum absolute atomic E-state index is 0. The van der Waals surface area contributed by atoms with E-state index in [2.05, 4.69) is 27.7 Å². The molecule has 0 amide bonds. The van der Waals surface area contributed by atoms with Crippen molar-refractivity contribution >= 4 is 15.9 Å². The molecule has 2 rings (SSSR count). The van der Waals surface area contributed by atoms with E-state index in [0.717, 1.165) is 0 Å². The molecule has 8 heteroatoms. The molecule has 3 radical (unpaired) electrons. The van der Waals surface area contributed by atoms with Crippen LogP contribution in [0.15, 0.2) is 0 Å². The minimum atomic E-state index is -2.22. The fourth-order valence-corrected chi connectivity index (χ4v) is 4.68. The molecule has 155 valence electrons. The Morgan fingerprint density at radius 3 is 2.15 bits per heavy atom. The fraction of sp³-hybridized carbons (Fsp3) is 1.00. The zero-order valence-corrected chi connectivity index (χ0v) is 21.9. The van der Waals surface area contributed by atoms with Crippen molar-refractivity contribution in [3.63, 3.8) is 0 Å². The first-order valence-corrected chi connectivity index (χ1v) is 11.6. The summed E-state index contributed by atoms with van der Waals surface area (Å²) in [6.45, 7) is 14.3. The maximum Gasteiger partial charge on any atom is 0.192 e. The summed E-state index contributed by atoms with van der Waals surface area (Å²) in [6.07, 6.45) is 1.14. The van der Waals surface area contributed by atoms with Gasteiger partial charge in [-0.3, -0.25) is 4.57 Å². The van der Waals surface area contributed by atoms with Crippen LogP contribution >= 0.6 is 8.03 Å². The monoisotopic (exact) mass is 477 g/mol. The standard InChI is InChI=1S/C16H30BO5P.C3H8.Y/c1-8(2)14-15(10(4)16(17)21-14)22-23(19)7-6-12-13(18)9(3)11(5)20-12;1-3-2;/h8-16,18,23H,6-7H2,1-5H3;3H2,1-2H3;/t9?,10?,11-,12+,13+,14+,15+,16+;;/m0../s1. The molecular formula is C19H38BO5PY. The zero-order chi connectivity index (χ0) is 20.0. The topological polar surface area (TPSA) is 65.0 Å². The van der Waals surface area contributed by atoms with Crippen LogP contribution in [0.4, 0.5) is 0 Å². The van der Waals surface area contributed by atoms with Crippen LogP contribution < -0.4 is 0 Å². The first kappa shape index (κ1) is 28.2. The fourth-order valence-electron chi connectivity index (χ4n) is 3.39. The smallest absolute Gasteiger partial charge is 0.192 e. The van der Waals surface area contributed by atoms with E-state index in [1.54, 1.807) is 0 Å². The number of aliphatic hydroxyl groups excluding tert-OH is 1. The molecule has 2 saturated heterocycles. The summed E-state index contributed by atoms with van der Waals surface area (Å²) in [5.74, 6) is 0.381. The van der Waals surface area contributed by atoms with Crippen molar-refractivity contribution in [2.75, 3.05) is 6.16 Å². The maximum atomic E-state index is 12.4. The molecule has 1 N–H and O–H groups in total. The van der Waals surface area contributed by atoms with Crippen LogP contribution in [-0.2, 0) is 51.3 Å².